The van der Waals surface area contributed by atoms with E-state index in [1.807, 2.05) is 37.3 Å². The molecular formula is C16H20Cl2N4O. The minimum Gasteiger partial charge on any atom is -0.310 e. The second-order valence-electron chi connectivity index (χ2n) is 5.56. The number of halogens is 2. The van der Waals surface area contributed by atoms with Gasteiger partial charge in [0, 0.05) is 11.1 Å². The number of carbonyl (C=O) groups is 1. The average molecular weight is 355 g/mol. The first kappa shape index (κ1) is 17.8. The van der Waals surface area contributed by atoms with Crippen LogP contribution in [-0.2, 0) is 11.3 Å². The number of benzene rings is 1. The largest absolute Gasteiger partial charge is 0.310 e. The van der Waals surface area contributed by atoms with Gasteiger partial charge in [-0.05, 0) is 37.9 Å². The smallest absolute Gasteiger partial charge is 0.242 e. The molecule has 7 heteroatoms. The van der Waals surface area contributed by atoms with E-state index in [1.54, 1.807) is 4.68 Å². The standard InChI is InChI=1S/C16H19ClN4O.ClH/c1-11-9-15(19-16(22)14-7-4-8-18-14)21(20-11)10-12-5-2-3-6-13(12)17;/h2-3,5-6,9,14,18H,4,7-8,10H2,1H3,(H,19,22);1H. The van der Waals surface area contributed by atoms with Gasteiger partial charge in [-0.3, -0.25) is 4.79 Å². The van der Waals surface area contributed by atoms with E-state index in [1.165, 1.54) is 0 Å². The second kappa shape index (κ2) is 7.81. The lowest BCUT2D eigenvalue weighted by Gasteiger charge is -2.13. The topological polar surface area (TPSA) is 59.0 Å². The maximum absolute atomic E-state index is 12.3. The Morgan fingerprint density at radius 3 is 2.96 bits per heavy atom. The summed E-state index contributed by atoms with van der Waals surface area (Å²) in [4.78, 5) is 12.3. The third-order valence-corrected chi connectivity index (χ3v) is 4.18. The summed E-state index contributed by atoms with van der Waals surface area (Å²) in [7, 11) is 0. The van der Waals surface area contributed by atoms with Crippen LogP contribution in [0.1, 0.15) is 24.1 Å². The third-order valence-electron chi connectivity index (χ3n) is 3.81. The summed E-state index contributed by atoms with van der Waals surface area (Å²) >= 11 is 6.20. The van der Waals surface area contributed by atoms with Crippen LogP contribution >= 0.6 is 24.0 Å². The van der Waals surface area contributed by atoms with Crippen molar-refractivity contribution in [1.82, 2.24) is 15.1 Å². The van der Waals surface area contributed by atoms with Gasteiger partial charge < -0.3 is 10.6 Å². The fourth-order valence-corrected chi connectivity index (χ4v) is 2.87. The number of hydrogen-bond donors (Lipinski definition) is 2. The lowest BCUT2D eigenvalue weighted by atomic mass is 10.2. The average Bonchev–Trinajstić information content (AvgIpc) is 3.12. The number of carbonyl (C=O) groups excluding carboxylic acids is 1. The molecular weight excluding hydrogens is 335 g/mol. The fourth-order valence-electron chi connectivity index (χ4n) is 2.68. The highest BCUT2D eigenvalue weighted by atomic mass is 35.5. The van der Waals surface area contributed by atoms with E-state index in [0.29, 0.717) is 17.4 Å². The molecule has 5 nitrogen and oxygen atoms in total. The number of rotatable bonds is 4. The molecule has 0 saturated carbocycles. The van der Waals surface area contributed by atoms with Crippen molar-refractivity contribution in [2.45, 2.75) is 32.4 Å². The summed E-state index contributed by atoms with van der Waals surface area (Å²) in [6.07, 6.45) is 1.92. The number of amides is 1. The van der Waals surface area contributed by atoms with Crippen molar-refractivity contribution < 1.29 is 4.79 Å². The van der Waals surface area contributed by atoms with Crippen LogP contribution in [0.2, 0.25) is 5.02 Å². The van der Waals surface area contributed by atoms with Crippen LogP contribution in [0.5, 0.6) is 0 Å². The Bertz CT molecular complexity index is 680. The van der Waals surface area contributed by atoms with Crippen molar-refractivity contribution >= 4 is 35.7 Å². The molecule has 1 saturated heterocycles. The van der Waals surface area contributed by atoms with Crippen molar-refractivity contribution in [3.8, 4) is 0 Å². The van der Waals surface area contributed by atoms with E-state index in [-0.39, 0.29) is 24.4 Å². The molecule has 0 aliphatic carbocycles. The predicted molar refractivity (Wildman–Crippen MR) is 94.4 cm³/mol. The van der Waals surface area contributed by atoms with E-state index in [9.17, 15) is 4.79 Å². The van der Waals surface area contributed by atoms with Gasteiger partial charge in [0.15, 0.2) is 0 Å². The number of anilines is 1. The summed E-state index contributed by atoms with van der Waals surface area (Å²) in [6, 6.07) is 9.43. The quantitative estimate of drug-likeness (QED) is 0.887. The normalized spacial score (nSPS) is 16.9. The zero-order valence-electron chi connectivity index (χ0n) is 12.9. The van der Waals surface area contributed by atoms with E-state index >= 15 is 0 Å². The maximum Gasteiger partial charge on any atom is 0.242 e. The Morgan fingerprint density at radius 1 is 1.48 bits per heavy atom. The first-order chi connectivity index (χ1) is 10.6. The Labute approximate surface area is 146 Å². The first-order valence-electron chi connectivity index (χ1n) is 7.45. The number of nitrogens with one attached hydrogen (secondary N) is 2. The van der Waals surface area contributed by atoms with Gasteiger partial charge in [0.1, 0.15) is 5.82 Å². The first-order valence-corrected chi connectivity index (χ1v) is 7.83. The molecule has 2 heterocycles. The molecule has 23 heavy (non-hydrogen) atoms. The number of nitrogens with zero attached hydrogens (tertiary/aromatic N) is 2. The molecule has 1 aromatic carbocycles. The molecule has 1 aromatic heterocycles. The molecule has 124 valence electrons. The van der Waals surface area contributed by atoms with E-state index in [4.69, 9.17) is 11.6 Å². The molecule has 1 amide bonds. The minimum absolute atomic E-state index is 0. The van der Waals surface area contributed by atoms with Crippen LogP contribution in [-0.4, -0.2) is 28.3 Å². The van der Waals surface area contributed by atoms with Crippen LogP contribution in [0.4, 0.5) is 5.82 Å². The highest BCUT2D eigenvalue weighted by molar-refractivity contribution is 6.31. The van der Waals surface area contributed by atoms with Gasteiger partial charge in [0.25, 0.3) is 0 Å². The number of aryl methyl sites for hydroxylation is 1. The van der Waals surface area contributed by atoms with Crippen LogP contribution in [0.15, 0.2) is 30.3 Å². The monoisotopic (exact) mass is 354 g/mol. The van der Waals surface area contributed by atoms with Crippen LogP contribution in [0, 0.1) is 6.92 Å². The van der Waals surface area contributed by atoms with Crippen molar-refractivity contribution in [3.63, 3.8) is 0 Å². The van der Waals surface area contributed by atoms with Crippen LogP contribution in [0.25, 0.3) is 0 Å². The SMILES string of the molecule is Cc1cc(NC(=O)C2CCCN2)n(Cc2ccccc2Cl)n1.Cl. The third kappa shape index (κ3) is 4.25. The molecule has 2 aromatic rings. The minimum atomic E-state index is -0.107. The Kier molecular flexibility index (Phi) is 6.04. The molecule has 1 fully saturated rings. The van der Waals surface area contributed by atoms with Crippen LogP contribution in [0.3, 0.4) is 0 Å². The molecule has 2 N–H and O–H groups in total. The number of aromatic nitrogens is 2. The van der Waals surface area contributed by atoms with Gasteiger partial charge in [-0.2, -0.15) is 5.10 Å². The van der Waals surface area contributed by atoms with Crippen molar-refractivity contribution in [1.29, 1.82) is 0 Å². The highest BCUT2D eigenvalue weighted by Crippen LogP contribution is 2.19. The van der Waals surface area contributed by atoms with Crippen molar-refractivity contribution in [2.24, 2.45) is 0 Å². The fraction of sp³-hybridized carbons (Fsp3) is 0.375. The van der Waals surface area contributed by atoms with Gasteiger partial charge in [-0.15, -0.1) is 12.4 Å². The summed E-state index contributed by atoms with van der Waals surface area (Å²) < 4.78 is 1.78. The second-order valence-corrected chi connectivity index (χ2v) is 5.97. The van der Waals surface area contributed by atoms with Crippen molar-refractivity contribution in [3.05, 3.63) is 46.6 Å². The summed E-state index contributed by atoms with van der Waals surface area (Å²) in [5.74, 6) is 0.703. The molecule has 3 rings (SSSR count). The molecule has 0 bridgehead atoms. The molecule has 1 unspecified atom stereocenters. The summed E-state index contributed by atoms with van der Waals surface area (Å²) in [5.41, 5.74) is 1.84. The van der Waals surface area contributed by atoms with E-state index in [0.717, 1.165) is 30.6 Å². The van der Waals surface area contributed by atoms with Gasteiger partial charge in [-0.25, -0.2) is 4.68 Å². The Hall–Kier alpha value is -1.56. The zero-order valence-corrected chi connectivity index (χ0v) is 14.5. The van der Waals surface area contributed by atoms with Gasteiger partial charge in [0.2, 0.25) is 5.91 Å². The van der Waals surface area contributed by atoms with Gasteiger partial charge in [-0.1, -0.05) is 29.8 Å². The van der Waals surface area contributed by atoms with Crippen LogP contribution < -0.4 is 10.6 Å². The molecule has 0 spiro atoms. The van der Waals surface area contributed by atoms with Crippen molar-refractivity contribution in [2.75, 3.05) is 11.9 Å². The van der Waals surface area contributed by atoms with Gasteiger partial charge in [0.05, 0.1) is 18.3 Å². The maximum atomic E-state index is 12.3. The van der Waals surface area contributed by atoms with E-state index in [2.05, 4.69) is 15.7 Å². The lowest BCUT2D eigenvalue weighted by Crippen LogP contribution is -2.36. The predicted octanol–water partition coefficient (Wildman–Crippen LogP) is 3.01. The Morgan fingerprint density at radius 2 is 2.26 bits per heavy atom. The Balaban J connectivity index is 0.00000192. The summed E-state index contributed by atoms with van der Waals surface area (Å²) in [6.45, 7) is 3.34. The highest BCUT2D eigenvalue weighted by Gasteiger charge is 2.23. The lowest BCUT2D eigenvalue weighted by molar-refractivity contribution is -0.117. The summed E-state index contributed by atoms with van der Waals surface area (Å²) in [5, 5.41) is 11.3. The molecule has 1 aliphatic heterocycles. The molecule has 1 atom stereocenters. The van der Waals surface area contributed by atoms with Gasteiger partial charge >= 0.3 is 0 Å². The molecule has 1 aliphatic rings. The zero-order chi connectivity index (χ0) is 15.5. The van der Waals surface area contributed by atoms with E-state index < -0.39 is 0 Å². The molecule has 0 radical (unpaired) electrons. The number of hydrogen-bond acceptors (Lipinski definition) is 3.